The Hall–Kier alpha value is -4.26. The number of furan rings is 1. The van der Waals surface area contributed by atoms with E-state index in [9.17, 15) is 14.9 Å². The highest BCUT2D eigenvalue weighted by Crippen LogP contribution is 2.31. The smallest absolute Gasteiger partial charge is 0.266 e. The molecule has 3 aromatic rings. The summed E-state index contributed by atoms with van der Waals surface area (Å²) in [5.74, 6) is 1.86. The first-order valence-corrected chi connectivity index (χ1v) is 12.0. The second-order valence-electron chi connectivity index (χ2n) is 8.87. The summed E-state index contributed by atoms with van der Waals surface area (Å²) in [6, 6.07) is 12.6. The zero-order valence-electron chi connectivity index (χ0n) is 20.1. The van der Waals surface area contributed by atoms with Crippen LogP contribution in [0.15, 0.2) is 51.5 Å². The van der Waals surface area contributed by atoms with E-state index in [0.29, 0.717) is 75.1 Å². The molecule has 10 heteroatoms. The second kappa shape index (κ2) is 10.2. The molecule has 36 heavy (non-hydrogen) atoms. The Kier molecular flexibility index (Phi) is 6.62. The van der Waals surface area contributed by atoms with Crippen molar-refractivity contribution in [2.45, 2.75) is 12.8 Å². The summed E-state index contributed by atoms with van der Waals surface area (Å²) in [5.41, 5.74) is 0.825. The minimum absolute atomic E-state index is 0.0349. The van der Waals surface area contributed by atoms with Crippen LogP contribution in [0, 0.1) is 17.2 Å². The molecule has 2 amide bonds. The van der Waals surface area contributed by atoms with E-state index in [-0.39, 0.29) is 29.3 Å². The molecule has 2 aromatic heterocycles. The lowest BCUT2D eigenvalue weighted by molar-refractivity contribution is -0.137. The number of oxazole rings is 1. The largest absolute Gasteiger partial charge is 0.497 e. The van der Waals surface area contributed by atoms with Crippen molar-refractivity contribution in [3.8, 4) is 23.5 Å². The van der Waals surface area contributed by atoms with Crippen LogP contribution >= 0.6 is 0 Å². The van der Waals surface area contributed by atoms with Gasteiger partial charge >= 0.3 is 0 Å². The predicted molar refractivity (Wildman–Crippen MR) is 129 cm³/mol. The molecule has 0 N–H and O–H groups in total. The summed E-state index contributed by atoms with van der Waals surface area (Å²) in [4.78, 5) is 35.9. The van der Waals surface area contributed by atoms with E-state index >= 15 is 0 Å². The summed E-state index contributed by atoms with van der Waals surface area (Å²) in [7, 11) is 1.59. The number of amides is 2. The maximum absolute atomic E-state index is 13.2. The molecule has 5 rings (SSSR count). The quantitative estimate of drug-likeness (QED) is 0.537. The summed E-state index contributed by atoms with van der Waals surface area (Å²) < 4.78 is 16.3. The number of nitrogens with zero attached hydrogens (tertiary/aromatic N) is 5. The van der Waals surface area contributed by atoms with Gasteiger partial charge in [-0.1, -0.05) is 0 Å². The number of ether oxygens (including phenoxy) is 1. The number of methoxy groups -OCH3 is 1. The minimum Gasteiger partial charge on any atom is -0.497 e. The second-order valence-corrected chi connectivity index (χ2v) is 8.87. The van der Waals surface area contributed by atoms with Gasteiger partial charge in [-0.3, -0.25) is 9.59 Å². The number of carbonyl (C=O) groups is 2. The van der Waals surface area contributed by atoms with Crippen molar-refractivity contribution in [1.82, 2.24) is 14.8 Å². The van der Waals surface area contributed by atoms with Gasteiger partial charge < -0.3 is 28.3 Å². The van der Waals surface area contributed by atoms with Gasteiger partial charge in [-0.25, -0.2) is 0 Å². The van der Waals surface area contributed by atoms with Gasteiger partial charge in [0.25, 0.3) is 11.8 Å². The van der Waals surface area contributed by atoms with E-state index in [0.717, 1.165) is 0 Å². The van der Waals surface area contributed by atoms with E-state index in [2.05, 4.69) is 11.1 Å². The topological polar surface area (TPSA) is 116 Å². The van der Waals surface area contributed by atoms with Gasteiger partial charge in [0.2, 0.25) is 17.5 Å². The Bertz CT molecular complexity index is 1240. The molecule has 2 aliphatic heterocycles. The number of anilines is 1. The lowest BCUT2D eigenvalue weighted by Crippen LogP contribution is -2.53. The SMILES string of the molecule is COc1ccc(C(=O)N2CCN(C(=O)C3CCN(c4oc(-c5ccco5)nc4C#N)CC3)CC2)cc1. The molecule has 0 spiro atoms. The van der Waals surface area contributed by atoms with E-state index in [1.165, 1.54) is 6.26 Å². The highest BCUT2D eigenvalue weighted by atomic mass is 16.5. The first-order chi connectivity index (χ1) is 17.6. The number of rotatable bonds is 5. The van der Waals surface area contributed by atoms with Gasteiger partial charge in [-0.2, -0.15) is 10.2 Å². The van der Waals surface area contributed by atoms with Gasteiger partial charge in [0.05, 0.1) is 13.4 Å². The van der Waals surface area contributed by atoms with Crippen LogP contribution < -0.4 is 9.64 Å². The molecule has 0 radical (unpaired) electrons. The number of piperazine rings is 1. The van der Waals surface area contributed by atoms with Crippen LogP contribution in [-0.2, 0) is 4.79 Å². The molecular formula is C26H27N5O5. The molecule has 4 heterocycles. The van der Waals surface area contributed by atoms with Crippen LogP contribution in [0.25, 0.3) is 11.7 Å². The Morgan fingerprint density at radius 1 is 1.03 bits per heavy atom. The standard InChI is InChI=1S/C26H27N5O5/c1-34-20-6-4-18(5-7-20)24(32)29-12-14-30(15-13-29)25(33)19-8-10-31(11-9-19)26-21(17-27)28-23(36-26)22-3-2-16-35-22/h2-7,16,19H,8-15H2,1H3. The first-order valence-electron chi connectivity index (χ1n) is 12.0. The molecule has 0 aliphatic carbocycles. The molecular weight excluding hydrogens is 462 g/mol. The van der Waals surface area contributed by atoms with Gasteiger partial charge in [0, 0.05) is 50.7 Å². The fourth-order valence-corrected chi connectivity index (χ4v) is 4.74. The average molecular weight is 490 g/mol. The predicted octanol–water partition coefficient (Wildman–Crippen LogP) is 3.02. The van der Waals surface area contributed by atoms with Crippen LogP contribution in [0.1, 0.15) is 28.9 Å². The van der Waals surface area contributed by atoms with Crippen LogP contribution in [0.3, 0.4) is 0 Å². The molecule has 0 atom stereocenters. The fourth-order valence-electron chi connectivity index (χ4n) is 4.74. The van der Waals surface area contributed by atoms with Crippen molar-refractivity contribution in [2.75, 3.05) is 51.3 Å². The summed E-state index contributed by atoms with van der Waals surface area (Å²) in [5, 5.41) is 9.50. The molecule has 0 unspecified atom stereocenters. The van der Waals surface area contributed by atoms with E-state index < -0.39 is 0 Å². The van der Waals surface area contributed by atoms with E-state index in [1.54, 1.807) is 48.4 Å². The van der Waals surface area contributed by atoms with Crippen molar-refractivity contribution in [3.63, 3.8) is 0 Å². The number of nitriles is 1. The number of carbonyl (C=O) groups excluding carboxylic acids is 2. The lowest BCUT2D eigenvalue weighted by atomic mass is 9.95. The molecule has 2 saturated heterocycles. The number of piperidine rings is 1. The average Bonchev–Trinajstić information content (AvgIpc) is 3.63. The summed E-state index contributed by atoms with van der Waals surface area (Å²) in [6.07, 6.45) is 2.84. The number of hydrogen-bond acceptors (Lipinski definition) is 8. The number of aromatic nitrogens is 1. The Morgan fingerprint density at radius 3 is 2.33 bits per heavy atom. The highest BCUT2D eigenvalue weighted by Gasteiger charge is 2.33. The third kappa shape index (κ3) is 4.64. The third-order valence-electron chi connectivity index (χ3n) is 6.79. The Balaban J connectivity index is 1.14. The van der Waals surface area contributed by atoms with Crippen molar-refractivity contribution in [2.24, 2.45) is 5.92 Å². The fraction of sp³-hybridized carbons (Fsp3) is 0.385. The lowest BCUT2D eigenvalue weighted by Gasteiger charge is -2.38. The normalized spacial score (nSPS) is 16.6. The molecule has 2 fully saturated rings. The highest BCUT2D eigenvalue weighted by molar-refractivity contribution is 5.94. The molecule has 10 nitrogen and oxygen atoms in total. The van der Waals surface area contributed by atoms with Crippen LogP contribution in [-0.4, -0.2) is 73.0 Å². The molecule has 1 aromatic carbocycles. The number of benzene rings is 1. The van der Waals surface area contributed by atoms with Crippen molar-refractivity contribution < 1.29 is 23.2 Å². The maximum Gasteiger partial charge on any atom is 0.266 e. The first kappa shape index (κ1) is 23.5. The monoisotopic (exact) mass is 489 g/mol. The maximum atomic E-state index is 13.2. The minimum atomic E-state index is -0.0944. The van der Waals surface area contributed by atoms with Gasteiger partial charge in [0.1, 0.15) is 11.8 Å². The zero-order chi connectivity index (χ0) is 25.1. The zero-order valence-corrected chi connectivity index (χ0v) is 20.1. The van der Waals surface area contributed by atoms with Gasteiger partial charge in [-0.05, 0) is 49.2 Å². The van der Waals surface area contributed by atoms with Gasteiger partial charge in [0.15, 0.2) is 5.76 Å². The third-order valence-corrected chi connectivity index (χ3v) is 6.79. The molecule has 0 saturated carbocycles. The Labute approximate surface area is 208 Å². The summed E-state index contributed by atoms with van der Waals surface area (Å²) >= 11 is 0. The van der Waals surface area contributed by atoms with Crippen molar-refractivity contribution in [3.05, 3.63) is 53.9 Å². The molecule has 0 bridgehead atoms. The summed E-state index contributed by atoms with van der Waals surface area (Å²) in [6.45, 7) is 3.24. The van der Waals surface area contributed by atoms with Crippen LogP contribution in [0.4, 0.5) is 5.88 Å². The van der Waals surface area contributed by atoms with Crippen molar-refractivity contribution >= 4 is 17.7 Å². The molecule has 2 aliphatic rings. The van der Waals surface area contributed by atoms with Crippen LogP contribution in [0.5, 0.6) is 5.75 Å². The van der Waals surface area contributed by atoms with E-state index in [1.807, 2.05) is 9.80 Å². The van der Waals surface area contributed by atoms with E-state index in [4.69, 9.17) is 13.6 Å². The Morgan fingerprint density at radius 2 is 1.72 bits per heavy atom. The van der Waals surface area contributed by atoms with Gasteiger partial charge in [-0.15, -0.1) is 0 Å². The van der Waals surface area contributed by atoms with Crippen molar-refractivity contribution in [1.29, 1.82) is 5.26 Å². The van der Waals surface area contributed by atoms with Crippen LogP contribution in [0.2, 0.25) is 0 Å². The number of hydrogen-bond donors (Lipinski definition) is 0. The molecule has 186 valence electrons.